The zero-order chi connectivity index (χ0) is 19.3. The lowest BCUT2D eigenvalue weighted by molar-refractivity contribution is -0.0190. The highest BCUT2D eigenvalue weighted by Crippen LogP contribution is 2.48. The molecule has 3 aromatic carbocycles. The van der Waals surface area contributed by atoms with E-state index in [-0.39, 0.29) is 12.3 Å². The molecule has 28 heavy (non-hydrogen) atoms. The molecule has 0 saturated heterocycles. The second kappa shape index (κ2) is 7.11. The maximum atomic E-state index is 6.36. The molecule has 3 aromatic rings. The summed E-state index contributed by atoms with van der Waals surface area (Å²) < 4.78 is 7.39. The Balaban J connectivity index is 1.61. The smallest absolute Gasteiger partial charge is 0.213 e. The number of rotatable bonds is 2. The zero-order valence-electron chi connectivity index (χ0n) is 14.6. The maximum Gasteiger partial charge on any atom is 0.213 e. The molecule has 5 rings (SSSR count). The van der Waals surface area contributed by atoms with E-state index in [1.54, 1.807) is 0 Å². The number of fused-ring (bicyclic) bond motifs is 3. The van der Waals surface area contributed by atoms with Crippen molar-refractivity contribution in [2.45, 2.75) is 18.7 Å². The fourth-order valence-electron chi connectivity index (χ4n) is 3.76. The first kappa shape index (κ1) is 18.0. The summed E-state index contributed by atoms with van der Waals surface area (Å²) in [5.41, 5.74) is 4.19. The molecule has 2 aliphatic rings. The minimum atomic E-state index is -0.331. The lowest BCUT2D eigenvalue weighted by atomic mass is 9.96. The number of ether oxygens (including phenoxy) is 1. The quantitative estimate of drug-likeness (QED) is 0.400. The van der Waals surface area contributed by atoms with Crippen LogP contribution >= 0.6 is 39.1 Å². The summed E-state index contributed by atoms with van der Waals surface area (Å²) in [5.74, 6) is 0.877. The molecule has 2 aliphatic heterocycles. The lowest BCUT2D eigenvalue weighted by Crippen LogP contribution is -2.33. The first-order valence-electron chi connectivity index (χ1n) is 8.92. The zero-order valence-corrected chi connectivity index (χ0v) is 17.7. The molecular formula is C22H15BrCl2N2O. The van der Waals surface area contributed by atoms with E-state index in [0.717, 1.165) is 44.1 Å². The molecule has 0 unspecified atom stereocenters. The fraction of sp³-hybridized carbons (Fsp3) is 0.136. The van der Waals surface area contributed by atoms with Crippen LogP contribution in [0.25, 0.3) is 0 Å². The molecule has 0 N–H and O–H groups in total. The molecule has 0 bridgehead atoms. The Labute approximate surface area is 181 Å². The number of halogens is 3. The minimum absolute atomic E-state index is 0.0934. The van der Waals surface area contributed by atoms with Gasteiger partial charge in [0.25, 0.3) is 0 Å². The van der Waals surface area contributed by atoms with Gasteiger partial charge in [-0.1, -0.05) is 63.4 Å². The SMILES string of the molecule is Clc1ccc(C2=NN3[C@@H](c4cccc(Cl)c4)Oc4ccc(Br)cc4[C@@H]3C2)cc1. The molecule has 6 heteroatoms. The van der Waals surface area contributed by atoms with Crippen molar-refractivity contribution < 1.29 is 4.74 Å². The number of hydrogen-bond donors (Lipinski definition) is 0. The summed E-state index contributed by atoms with van der Waals surface area (Å²) in [7, 11) is 0. The maximum absolute atomic E-state index is 6.36. The Bertz CT molecular complexity index is 1080. The van der Waals surface area contributed by atoms with E-state index in [9.17, 15) is 0 Å². The van der Waals surface area contributed by atoms with Gasteiger partial charge < -0.3 is 4.74 Å². The fourth-order valence-corrected chi connectivity index (χ4v) is 4.46. The van der Waals surface area contributed by atoms with Gasteiger partial charge in [0, 0.05) is 32.1 Å². The van der Waals surface area contributed by atoms with Gasteiger partial charge in [-0.15, -0.1) is 0 Å². The topological polar surface area (TPSA) is 24.8 Å². The van der Waals surface area contributed by atoms with E-state index in [4.69, 9.17) is 33.0 Å². The highest BCUT2D eigenvalue weighted by Gasteiger charge is 2.41. The van der Waals surface area contributed by atoms with E-state index in [1.165, 1.54) is 0 Å². The number of hydrazone groups is 1. The van der Waals surface area contributed by atoms with Crippen LogP contribution in [0.15, 0.2) is 76.3 Å². The van der Waals surface area contributed by atoms with Crippen LogP contribution in [0.5, 0.6) is 5.75 Å². The van der Waals surface area contributed by atoms with E-state index in [0.29, 0.717) is 5.02 Å². The summed E-state index contributed by atoms with van der Waals surface area (Å²) >= 11 is 15.9. The lowest BCUT2D eigenvalue weighted by Gasteiger charge is -2.38. The van der Waals surface area contributed by atoms with E-state index < -0.39 is 0 Å². The molecule has 140 valence electrons. The van der Waals surface area contributed by atoms with Gasteiger partial charge in [-0.2, -0.15) is 5.10 Å². The van der Waals surface area contributed by atoms with Crippen LogP contribution in [0.1, 0.15) is 35.4 Å². The van der Waals surface area contributed by atoms with Gasteiger partial charge in [-0.3, -0.25) is 0 Å². The summed E-state index contributed by atoms with van der Waals surface area (Å²) in [5, 5.41) is 8.39. The number of benzene rings is 3. The van der Waals surface area contributed by atoms with Crippen molar-refractivity contribution in [2.24, 2.45) is 5.10 Å². The molecule has 0 aliphatic carbocycles. The van der Waals surface area contributed by atoms with Crippen LogP contribution in [-0.2, 0) is 0 Å². The highest BCUT2D eigenvalue weighted by molar-refractivity contribution is 9.10. The first-order chi connectivity index (χ1) is 13.6. The Morgan fingerprint density at radius 1 is 0.964 bits per heavy atom. The molecule has 0 aromatic heterocycles. The second-order valence-corrected chi connectivity index (χ2v) is 8.65. The summed E-state index contributed by atoms with van der Waals surface area (Å²) in [6, 6.07) is 21.8. The van der Waals surface area contributed by atoms with Crippen molar-refractivity contribution in [3.05, 3.63) is 97.9 Å². The average molecular weight is 474 g/mol. The second-order valence-electron chi connectivity index (χ2n) is 6.86. The summed E-state index contributed by atoms with van der Waals surface area (Å²) in [6.07, 6.45) is 0.466. The van der Waals surface area contributed by atoms with Gasteiger partial charge in [-0.25, -0.2) is 5.01 Å². The van der Waals surface area contributed by atoms with E-state index >= 15 is 0 Å². The Kier molecular flexibility index (Phi) is 4.58. The van der Waals surface area contributed by atoms with E-state index in [1.807, 2.05) is 65.7 Å². The Morgan fingerprint density at radius 2 is 1.79 bits per heavy atom. The molecule has 0 radical (unpaired) electrons. The molecule has 0 amide bonds. The van der Waals surface area contributed by atoms with Gasteiger partial charge in [0.15, 0.2) is 0 Å². The van der Waals surface area contributed by atoms with Crippen molar-refractivity contribution in [1.82, 2.24) is 5.01 Å². The Hall–Kier alpha value is -2.01. The largest absolute Gasteiger partial charge is 0.464 e. The predicted molar refractivity (Wildman–Crippen MR) is 116 cm³/mol. The van der Waals surface area contributed by atoms with Gasteiger partial charge in [0.2, 0.25) is 6.23 Å². The third-order valence-electron chi connectivity index (χ3n) is 5.06. The highest BCUT2D eigenvalue weighted by atomic mass is 79.9. The molecule has 2 heterocycles. The number of hydrogen-bond acceptors (Lipinski definition) is 3. The van der Waals surface area contributed by atoms with Crippen molar-refractivity contribution in [3.8, 4) is 5.75 Å². The van der Waals surface area contributed by atoms with E-state index in [2.05, 4.69) is 22.0 Å². The van der Waals surface area contributed by atoms with Crippen molar-refractivity contribution in [2.75, 3.05) is 0 Å². The third kappa shape index (κ3) is 3.20. The average Bonchev–Trinajstić information content (AvgIpc) is 3.14. The predicted octanol–water partition coefficient (Wildman–Crippen LogP) is 7.00. The molecular weight excluding hydrogens is 459 g/mol. The van der Waals surface area contributed by atoms with Gasteiger partial charge in [-0.05, 0) is 48.0 Å². The monoisotopic (exact) mass is 472 g/mol. The van der Waals surface area contributed by atoms with Gasteiger partial charge in [0.1, 0.15) is 5.75 Å². The van der Waals surface area contributed by atoms with Crippen LogP contribution in [0, 0.1) is 0 Å². The number of nitrogens with zero attached hydrogens (tertiary/aromatic N) is 2. The van der Waals surface area contributed by atoms with Gasteiger partial charge >= 0.3 is 0 Å². The Morgan fingerprint density at radius 3 is 2.57 bits per heavy atom. The molecule has 3 nitrogen and oxygen atoms in total. The first-order valence-corrected chi connectivity index (χ1v) is 10.5. The summed E-state index contributed by atoms with van der Waals surface area (Å²) in [6.45, 7) is 0. The summed E-state index contributed by atoms with van der Waals surface area (Å²) in [4.78, 5) is 0. The van der Waals surface area contributed by atoms with Crippen LogP contribution < -0.4 is 4.74 Å². The van der Waals surface area contributed by atoms with Crippen LogP contribution in [0.2, 0.25) is 10.0 Å². The molecule has 0 fully saturated rings. The molecule has 0 spiro atoms. The van der Waals surface area contributed by atoms with Crippen LogP contribution in [0.4, 0.5) is 0 Å². The van der Waals surface area contributed by atoms with Crippen molar-refractivity contribution in [1.29, 1.82) is 0 Å². The third-order valence-corrected chi connectivity index (χ3v) is 6.04. The minimum Gasteiger partial charge on any atom is -0.464 e. The van der Waals surface area contributed by atoms with Crippen LogP contribution in [0.3, 0.4) is 0 Å². The molecule has 2 atom stereocenters. The molecule has 0 saturated carbocycles. The van der Waals surface area contributed by atoms with Crippen molar-refractivity contribution in [3.63, 3.8) is 0 Å². The standard InChI is InChI=1S/C22H15BrCl2N2O/c23-15-6-9-21-18(11-15)20-12-19(13-4-7-16(24)8-5-13)26-27(20)22(28-21)14-2-1-3-17(25)10-14/h1-11,20,22H,12H2/t20-,22+/m0/s1. The van der Waals surface area contributed by atoms with Gasteiger partial charge in [0.05, 0.1) is 11.8 Å². The van der Waals surface area contributed by atoms with Crippen molar-refractivity contribution >= 4 is 44.8 Å². The van der Waals surface area contributed by atoms with Crippen LogP contribution in [-0.4, -0.2) is 10.7 Å². The normalized spacial score (nSPS) is 20.2.